The van der Waals surface area contributed by atoms with Gasteiger partial charge >= 0.3 is 0 Å². The van der Waals surface area contributed by atoms with Gasteiger partial charge < -0.3 is 9.55 Å². The summed E-state index contributed by atoms with van der Waals surface area (Å²) in [6.07, 6.45) is 8.51. The first-order valence-electron chi connectivity index (χ1n) is 5.00. The first-order valence-corrected chi connectivity index (χ1v) is 5.00. The van der Waals surface area contributed by atoms with Crippen LogP contribution in [0.3, 0.4) is 0 Å². The fraction of sp³-hybridized carbons (Fsp3) is 0.273. The number of aromatic amines is 1. The van der Waals surface area contributed by atoms with E-state index in [-0.39, 0.29) is 5.56 Å². The maximum atomic E-state index is 11.4. The summed E-state index contributed by atoms with van der Waals surface area (Å²) in [5, 5.41) is 0.641. The molecule has 0 aliphatic carbocycles. The largest absolute Gasteiger partial charge is 0.328 e. The highest BCUT2D eigenvalue weighted by Crippen LogP contribution is 2.07. The predicted octanol–water partition coefficient (Wildman–Crippen LogP) is 1.69. The number of aromatic nitrogens is 3. The lowest BCUT2D eigenvalue weighted by molar-refractivity contribution is 0.843. The van der Waals surface area contributed by atoms with Crippen molar-refractivity contribution in [2.75, 3.05) is 0 Å². The Morgan fingerprint density at radius 3 is 3.20 bits per heavy atom. The number of hydrogen-bond donors (Lipinski definition) is 1. The van der Waals surface area contributed by atoms with Gasteiger partial charge in [-0.2, -0.15) is 0 Å². The van der Waals surface area contributed by atoms with Crippen LogP contribution >= 0.6 is 0 Å². The fourth-order valence-corrected chi connectivity index (χ4v) is 1.52. The summed E-state index contributed by atoms with van der Waals surface area (Å²) < 4.78 is 1.96. The molecule has 0 fully saturated rings. The molecular weight excluding hydrogens is 190 g/mol. The molecule has 2 aromatic heterocycles. The molecule has 0 aromatic carbocycles. The summed E-state index contributed by atoms with van der Waals surface area (Å²) in [7, 11) is 0. The van der Waals surface area contributed by atoms with Gasteiger partial charge in [0.15, 0.2) is 0 Å². The van der Waals surface area contributed by atoms with Crippen LogP contribution in [0.25, 0.3) is 11.0 Å². The predicted molar refractivity (Wildman–Crippen MR) is 59.8 cm³/mol. The zero-order chi connectivity index (χ0) is 10.7. The van der Waals surface area contributed by atoms with Gasteiger partial charge in [0.05, 0.1) is 11.7 Å². The Bertz CT molecular complexity index is 536. The molecule has 15 heavy (non-hydrogen) atoms. The topological polar surface area (TPSA) is 50.7 Å². The van der Waals surface area contributed by atoms with Gasteiger partial charge in [0.1, 0.15) is 5.65 Å². The number of allylic oxidation sites excluding steroid dienone is 2. The van der Waals surface area contributed by atoms with Gasteiger partial charge in [-0.1, -0.05) is 19.1 Å². The van der Waals surface area contributed by atoms with E-state index >= 15 is 0 Å². The molecule has 0 unspecified atom stereocenters. The summed E-state index contributed by atoms with van der Waals surface area (Å²) in [6, 6.07) is 1.79. The quantitative estimate of drug-likeness (QED) is 0.772. The van der Waals surface area contributed by atoms with E-state index in [1.54, 1.807) is 6.07 Å². The third-order valence-corrected chi connectivity index (χ3v) is 2.27. The Kier molecular flexibility index (Phi) is 2.67. The molecule has 0 saturated carbocycles. The summed E-state index contributed by atoms with van der Waals surface area (Å²) in [4.78, 5) is 18.1. The van der Waals surface area contributed by atoms with Crippen molar-refractivity contribution in [3.8, 4) is 0 Å². The molecule has 0 amide bonds. The highest BCUT2D eigenvalue weighted by molar-refractivity contribution is 5.74. The summed E-state index contributed by atoms with van der Waals surface area (Å²) >= 11 is 0. The standard InChI is InChI=1S/C11H13N3O/c1-2-3-4-6-14-7-5-9-10(14)12-8-13-11(9)15/h3-5,7-8H,2,6H2,1H3,(H,12,13,15)/b4-3-. The van der Waals surface area contributed by atoms with Crippen molar-refractivity contribution < 1.29 is 0 Å². The van der Waals surface area contributed by atoms with Crippen molar-refractivity contribution in [1.29, 1.82) is 0 Å². The maximum Gasteiger partial charge on any atom is 0.260 e. The van der Waals surface area contributed by atoms with Crippen LogP contribution in [0.2, 0.25) is 0 Å². The highest BCUT2D eigenvalue weighted by Gasteiger charge is 2.03. The van der Waals surface area contributed by atoms with E-state index in [1.165, 1.54) is 6.33 Å². The monoisotopic (exact) mass is 203 g/mol. The van der Waals surface area contributed by atoms with E-state index in [0.29, 0.717) is 5.39 Å². The summed E-state index contributed by atoms with van der Waals surface area (Å²) in [5.74, 6) is 0. The highest BCUT2D eigenvalue weighted by atomic mass is 16.1. The number of fused-ring (bicyclic) bond motifs is 1. The molecule has 0 saturated heterocycles. The molecule has 0 aliphatic heterocycles. The van der Waals surface area contributed by atoms with Gasteiger partial charge in [0, 0.05) is 12.7 Å². The zero-order valence-corrected chi connectivity index (χ0v) is 8.60. The molecule has 78 valence electrons. The Morgan fingerprint density at radius 1 is 1.53 bits per heavy atom. The summed E-state index contributed by atoms with van der Waals surface area (Å²) in [6.45, 7) is 2.85. The lowest BCUT2D eigenvalue weighted by Gasteiger charge is -1.98. The van der Waals surface area contributed by atoms with Crippen LogP contribution in [0, 0.1) is 0 Å². The van der Waals surface area contributed by atoms with Crippen molar-refractivity contribution in [2.24, 2.45) is 0 Å². The SMILES string of the molecule is CC/C=C\Cn1ccc2c(=O)[nH]cnc21. The molecule has 0 atom stereocenters. The van der Waals surface area contributed by atoms with Crippen LogP contribution in [-0.2, 0) is 6.54 Å². The third kappa shape index (κ3) is 1.83. The van der Waals surface area contributed by atoms with Gasteiger partial charge in [0.2, 0.25) is 0 Å². The second kappa shape index (κ2) is 4.13. The summed E-state index contributed by atoms with van der Waals surface area (Å²) in [5.41, 5.74) is 0.651. The molecule has 4 nitrogen and oxygen atoms in total. The molecule has 0 spiro atoms. The van der Waals surface area contributed by atoms with E-state index in [1.807, 2.05) is 10.8 Å². The lowest BCUT2D eigenvalue weighted by atomic mass is 10.4. The van der Waals surface area contributed by atoms with E-state index in [9.17, 15) is 4.79 Å². The minimum atomic E-state index is -0.0850. The second-order valence-electron chi connectivity index (χ2n) is 3.32. The minimum absolute atomic E-state index is 0.0850. The number of hydrogen-bond acceptors (Lipinski definition) is 2. The number of H-pyrrole nitrogens is 1. The molecular formula is C11H13N3O. The molecule has 0 bridgehead atoms. The lowest BCUT2D eigenvalue weighted by Crippen LogP contribution is -2.06. The number of nitrogens with zero attached hydrogens (tertiary/aromatic N) is 2. The van der Waals surface area contributed by atoms with Crippen LogP contribution in [0.15, 0.2) is 35.5 Å². The molecule has 0 radical (unpaired) electrons. The fourth-order valence-electron chi connectivity index (χ4n) is 1.52. The minimum Gasteiger partial charge on any atom is -0.328 e. The first-order chi connectivity index (χ1) is 7.33. The maximum absolute atomic E-state index is 11.4. The van der Waals surface area contributed by atoms with Crippen LogP contribution < -0.4 is 5.56 Å². The van der Waals surface area contributed by atoms with E-state index in [4.69, 9.17) is 0 Å². The molecule has 2 aromatic rings. The van der Waals surface area contributed by atoms with Crippen molar-refractivity contribution in [3.05, 3.63) is 41.1 Å². The molecule has 0 aliphatic rings. The molecule has 2 heterocycles. The van der Waals surface area contributed by atoms with Gasteiger partial charge in [-0.3, -0.25) is 4.79 Å². The van der Waals surface area contributed by atoms with E-state index in [0.717, 1.165) is 18.6 Å². The molecule has 2 rings (SSSR count). The Morgan fingerprint density at radius 2 is 2.40 bits per heavy atom. The smallest absolute Gasteiger partial charge is 0.260 e. The molecule has 4 heteroatoms. The average Bonchev–Trinajstić information content (AvgIpc) is 2.64. The number of nitrogens with one attached hydrogen (secondary N) is 1. The van der Waals surface area contributed by atoms with Crippen LogP contribution in [0.5, 0.6) is 0 Å². The van der Waals surface area contributed by atoms with Crippen LogP contribution in [0.1, 0.15) is 13.3 Å². The van der Waals surface area contributed by atoms with Crippen molar-refractivity contribution in [2.45, 2.75) is 19.9 Å². The zero-order valence-electron chi connectivity index (χ0n) is 8.60. The van der Waals surface area contributed by atoms with Gasteiger partial charge in [-0.05, 0) is 12.5 Å². The second-order valence-corrected chi connectivity index (χ2v) is 3.32. The van der Waals surface area contributed by atoms with Gasteiger partial charge in [-0.15, -0.1) is 0 Å². The Hall–Kier alpha value is -1.84. The van der Waals surface area contributed by atoms with Crippen LogP contribution in [0.4, 0.5) is 0 Å². The van der Waals surface area contributed by atoms with Crippen LogP contribution in [-0.4, -0.2) is 14.5 Å². The Balaban J connectivity index is 2.41. The Labute approximate surface area is 87.3 Å². The van der Waals surface area contributed by atoms with Crippen molar-refractivity contribution in [3.63, 3.8) is 0 Å². The van der Waals surface area contributed by atoms with Gasteiger partial charge in [0.25, 0.3) is 5.56 Å². The van der Waals surface area contributed by atoms with Gasteiger partial charge in [-0.25, -0.2) is 4.98 Å². The first kappa shape index (κ1) is 9.71. The average molecular weight is 203 g/mol. The normalized spacial score (nSPS) is 11.5. The number of rotatable bonds is 3. The van der Waals surface area contributed by atoms with Crippen molar-refractivity contribution >= 4 is 11.0 Å². The third-order valence-electron chi connectivity index (χ3n) is 2.27. The molecule has 1 N–H and O–H groups in total. The van der Waals surface area contributed by atoms with E-state index < -0.39 is 0 Å². The van der Waals surface area contributed by atoms with E-state index in [2.05, 4.69) is 29.0 Å². The van der Waals surface area contributed by atoms with Crippen molar-refractivity contribution in [1.82, 2.24) is 14.5 Å².